The maximum atomic E-state index is 9.93. The van der Waals surface area contributed by atoms with E-state index in [-0.39, 0.29) is 12.4 Å². The van der Waals surface area contributed by atoms with E-state index < -0.39 is 6.03 Å². The van der Waals surface area contributed by atoms with Crippen molar-refractivity contribution < 1.29 is 10.0 Å². The Kier molecular flexibility index (Phi) is 3.30. The van der Waals surface area contributed by atoms with Gasteiger partial charge < -0.3 is 5.73 Å². The summed E-state index contributed by atoms with van der Waals surface area (Å²) in [6, 6.07) is -0.884. The van der Waals surface area contributed by atoms with Crippen molar-refractivity contribution in [2.24, 2.45) is 5.73 Å². The molecule has 0 aromatic carbocycles. The molecule has 2 amide bonds. The van der Waals surface area contributed by atoms with Crippen LogP contribution < -0.4 is 5.73 Å². The lowest BCUT2D eigenvalue weighted by molar-refractivity contribution is -0.0338. The normalized spacial score (nSPS) is 8.75. The van der Waals surface area contributed by atoms with Crippen molar-refractivity contribution >= 4 is 17.6 Å². The van der Waals surface area contributed by atoms with Gasteiger partial charge in [0.2, 0.25) is 0 Å². The number of hydrogen-bond donors (Lipinski definition) is 2. The van der Waals surface area contributed by atoms with Crippen LogP contribution in [0.3, 0.4) is 0 Å². The van der Waals surface area contributed by atoms with Crippen LogP contribution in [0.2, 0.25) is 0 Å². The summed E-state index contributed by atoms with van der Waals surface area (Å²) in [4.78, 5) is 9.93. The van der Waals surface area contributed by atoms with Crippen LogP contribution in [0.4, 0.5) is 4.79 Å². The molecule has 0 bridgehead atoms. The van der Waals surface area contributed by atoms with E-state index in [1.54, 1.807) is 0 Å². The molecule has 0 spiro atoms. The van der Waals surface area contributed by atoms with Gasteiger partial charge in [-0.05, 0) is 0 Å². The van der Waals surface area contributed by atoms with Gasteiger partial charge in [-0.1, -0.05) is 0 Å². The first-order chi connectivity index (χ1) is 3.68. The number of carbonyl (C=O) groups excluding carboxylic acids is 1. The van der Waals surface area contributed by atoms with Gasteiger partial charge in [-0.3, -0.25) is 5.21 Å². The second-order valence-corrected chi connectivity index (χ2v) is 1.53. The van der Waals surface area contributed by atoms with Crippen molar-refractivity contribution in [1.82, 2.24) is 5.06 Å². The van der Waals surface area contributed by atoms with E-state index in [0.717, 1.165) is 0 Å². The first-order valence-corrected chi connectivity index (χ1v) is 2.53. The van der Waals surface area contributed by atoms with Crippen molar-refractivity contribution in [1.29, 1.82) is 0 Å². The molecular formula is C3H7ClN2O2. The number of hydrogen-bond acceptors (Lipinski definition) is 2. The maximum absolute atomic E-state index is 9.93. The zero-order chi connectivity index (χ0) is 6.57. The van der Waals surface area contributed by atoms with Crippen LogP contribution in [0.25, 0.3) is 0 Å². The molecule has 3 N–H and O–H groups in total. The lowest BCUT2D eigenvalue weighted by Gasteiger charge is -2.07. The minimum atomic E-state index is -0.884. The minimum Gasteiger partial charge on any atom is -0.350 e. The van der Waals surface area contributed by atoms with E-state index in [9.17, 15) is 4.79 Å². The SMILES string of the molecule is NC(=O)N(O)CCCl. The third kappa shape index (κ3) is 2.65. The van der Waals surface area contributed by atoms with Crippen LogP contribution in [0, 0.1) is 0 Å². The molecule has 48 valence electrons. The lowest BCUT2D eigenvalue weighted by atomic mass is 10.7. The second kappa shape index (κ2) is 3.51. The monoisotopic (exact) mass is 138 g/mol. The second-order valence-electron chi connectivity index (χ2n) is 1.15. The Morgan fingerprint density at radius 3 is 2.50 bits per heavy atom. The Bertz CT molecular complexity index is 87.4. The van der Waals surface area contributed by atoms with Crippen molar-refractivity contribution in [2.75, 3.05) is 12.4 Å². The fraction of sp³-hybridized carbons (Fsp3) is 0.667. The van der Waals surface area contributed by atoms with Crippen LogP contribution >= 0.6 is 11.6 Å². The molecule has 0 aromatic heterocycles. The number of halogens is 1. The summed E-state index contributed by atoms with van der Waals surface area (Å²) in [5, 5.41) is 8.75. The first-order valence-electron chi connectivity index (χ1n) is 2.00. The van der Waals surface area contributed by atoms with Gasteiger partial charge in [-0.15, -0.1) is 11.6 Å². The molecule has 4 nitrogen and oxygen atoms in total. The number of nitrogens with two attached hydrogens (primary N) is 1. The van der Waals surface area contributed by atoms with Crippen LogP contribution in [-0.2, 0) is 0 Å². The zero-order valence-corrected chi connectivity index (χ0v) is 4.93. The van der Waals surface area contributed by atoms with Gasteiger partial charge >= 0.3 is 6.03 Å². The minimum absolute atomic E-state index is 0.0664. The third-order valence-corrected chi connectivity index (χ3v) is 0.720. The highest BCUT2D eigenvalue weighted by Crippen LogP contribution is 1.81. The van der Waals surface area contributed by atoms with E-state index in [2.05, 4.69) is 5.73 Å². The fourth-order valence-corrected chi connectivity index (χ4v) is 0.350. The topological polar surface area (TPSA) is 66.6 Å². The van der Waals surface area contributed by atoms with Crippen LogP contribution in [0.15, 0.2) is 0 Å². The molecule has 0 saturated heterocycles. The predicted octanol–water partition coefficient (Wildman–Crippen LogP) is -0.00490. The Balaban J connectivity index is 3.32. The van der Waals surface area contributed by atoms with Crippen molar-refractivity contribution in [2.45, 2.75) is 0 Å². The van der Waals surface area contributed by atoms with Crippen LogP contribution in [-0.4, -0.2) is 28.7 Å². The summed E-state index contributed by atoms with van der Waals surface area (Å²) in [5.74, 6) is 0.180. The van der Waals surface area contributed by atoms with E-state index >= 15 is 0 Å². The number of primary amides is 1. The quantitative estimate of drug-likeness (QED) is 0.320. The molecule has 5 heteroatoms. The maximum Gasteiger partial charge on any atom is 0.338 e. The molecule has 0 aliphatic rings. The Morgan fingerprint density at radius 2 is 2.38 bits per heavy atom. The number of rotatable bonds is 2. The van der Waals surface area contributed by atoms with Crippen molar-refractivity contribution in [3.63, 3.8) is 0 Å². The van der Waals surface area contributed by atoms with E-state index in [4.69, 9.17) is 16.8 Å². The summed E-state index contributed by atoms with van der Waals surface area (Å²) >= 11 is 5.13. The first kappa shape index (κ1) is 7.52. The van der Waals surface area contributed by atoms with Crippen LogP contribution in [0.5, 0.6) is 0 Å². The number of carbonyl (C=O) groups is 1. The number of urea groups is 1. The van der Waals surface area contributed by atoms with Gasteiger partial charge in [0.05, 0.1) is 6.54 Å². The summed E-state index contributed by atoms with van der Waals surface area (Å²) in [5.41, 5.74) is 4.60. The molecule has 0 rings (SSSR count). The van der Waals surface area contributed by atoms with E-state index in [1.165, 1.54) is 0 Å². The number of nitrogens with zero attached hydrogens (tertiary/aromatic N) is 1. The predicted molar refractivity (Wildman–Crippen MR) is 28.8 cm³/mol. The molecule has 8 heavy (non-hydrogen) atoms. The molecule has 0 radical (unpaired) electrons. The molecule has 0 aromatic rings. The largest absolute Gasteiger partial charge is 0.350 e. The highest BCUT2D eigenvalue weighted by molar-refractivity contribution is 6.18. The standard InChI is InChI=1S/C3H7ClN2O2/c4-1-2-6(8)3(5)7/h8H,1-2H2,(H2,5,7). The van der Waals surface area contributed by atoms with Gasteiger partial charge in [0.15, 0.2) is 0 Å². The van der Waals surface area contributed by atoms with Crippen LogP contribution in [0.1, 0.15) is 0 Å². The fourth-order valence-electron chi connectivity index (χ4n) is 0.190. The van der Waals surface area contributed by atoms with Gasteiger partial charge in [0.1, 0.15) is 0 Å². The highest BCUT2D eigenvalue weighted by atomic mass is 35.5. The van der Waals surface area contributed by atoms with Gasteiger partial charge in [0, 0.05) is 5.88 Å². The number of alkyl halides is 1. The Labute approximate surface area is 51.8 Å². The molecular weight excluding hydrogens is 131 g/mol. The van der Waals surface area contributed by atoms with Crippen molar-refractivity contribution in [3.8, 4) is 0 Å². The lowest BCUT2D eigenvalue weighted by Crippen LogP contribution is -2.33. The Hall–Kier alpha value is -0.480. The van der Waals surface area contributed by atoms with Crippen molar-refractivity contribution in [3.05, 3.63) is 0 Å². The zero-order valence-electron chi connectivity index (χ0n) is 4.17. The van der Waals surface area contributed by atoms with Gasteiger partial charge in [0.25, 0.3) is 0 Å². The molecule has 0 unspecified atom stereocenters. The summed E-state index contributed by atoms with van der Waals surface area (Å²) < 4.78 is 0. The summed E-state index contributed by atoms with van der Waals surface area (Å²) in [6.45, 7) is 0.0664. The molecule has 0 saturated carbocycles. The molecule has 0 fully saturated rings. The van der Waals surface area contributed by atoms with Gasteiger partial charge in [-0.2, -0.15) is 0 Å². The third-order valence-electron chi connectivity index (χ3n) is 0.551. The van der Waals surface area contributed by atoms with E-state index in [0.29, 0.717) is 5.06 Å². The molecule has 0 heterocycles. The van der Waals surface area contributed by atoms with E-state index in [1.807, 2.05) is 0 Å². The molecule has 0 atom stereocenters. The average Bonchev–Trinajstić information content (AvgIpc) is 1.67. The Morgan fingerprint density at radius 1 is 1.88 bits per heavy atom. The summed E-state index contributed by atoms with van der Waals surface area (Å²) in [6.07, 6.45) is 0. The summed E-state index contributed by atoms with van der Waals surface area (Å²) in [7, 11) is 0. The number of hydroxylamine groups is 2. The van der Waals surface area contributed by atoms with Gasteiger partial charge in [-0.25, -0.2) is 9.86 Å². The molecule has 0 aliphatic heterocycles. The highest BCUT2D eigenvalue weighted by Gasteiger charge is 2.01. The average molecular weight is 139 g/mol. The molecule has 0 aliphatic carbocycles. The number of amides is 2. The smallest absolute Gasteiger partial charge is 0.338 e.